The summed E-state index contributed by atoms with van der Waals surface area (Å²) >= 11 is 0. The maximum atomic E-state index is 12.6. The number of ether oxygens (including phenoxy) is 3. The molecule has 2 aromatic heterocycles. The number of hydrogen-bond donors (Lipinski definition) is 1. The van der Waals surface area contributed by atoms with Gasteiger partial charge in [0.2, 0.25) is 12.0 Å². The lowest BCUT2D eigenvalue weighted by atomic mass is 10.1. The van der Waals surface area contributed by atoms with Crippen LogP contribution < -0.4 is 19.5 Å². The van der Waals surface area contributed by atoms with Crippen molar-refractivity contribution in [1.82, 2.24) is 25.1 Å². The van der Waals surface area contributed by atoms with E-state index in [1.54, 1.807) is 29.6 Å². The van der Waals surface area contributed by atoms with Gasteiger partial charge in [-0.05, 0) is 25.1 Å². The summed E-state index contributed by atoms with van der Waals surface area (Å²) in [6.07, 6.45) is -1.13. The largest absolute Gasteiger partial charge is 0.482 e. The lowest BCUT2D eigenvalue weighted by Gasteiger charge is -2.30. The highest BCUT2D eigenvalue weighted by molar-refractivity contribution is 5.82. The van der Waals surface area contributed by atoms with E-state index < -0.39 is 12.2 Å². The first-order valence-electron chi connectivity index (χ1n) is 10.3. The molecule has 4 aromatic rings. The van der Waals surface area contributed by atoms with Gasteiger partial charge < -0.3 is 19.5 Å². The molecule has 0 radical (unpaired) electrons. The molecule has 1 aliphatic rings. The molecule has 1 amide bonds. The molecule has 2 unspecified atom stereocenters. The highest BCUT2D eigenvalue weighted by Gasteiger charge is 2.33. The van der Waals surface area contributed by atoms with Gasteiger partial charge in [0.15, 0.2) is 23.0 Å². The molecule has 9 heteroatoms. The minimum Gasteiger partial charge on any atom is -0.482 e. The van der Waals surface area contributed by atoms with Crippen molar-refractivity contribution < 1.29 is 19.0 Å². The number of carbonyl (C=O) groups excluding carboxylic acids is 1. The summed E-state index contributed by atoms with van der Waals surface area (Å²) in [6, 6.07) is 20.5. The number of benzene rings is 2. The van der Waals surface area contributed by atoms with E-state index in [-0.39, 0.29) is 12.5 Å². The second-order valence-electron chi connectivity index (χ2n) is 7.28. The molecule has 1 aliphatic heterocycles. The van der Waals surface area contributed by atoms with E-state index in [4.69, 9.17) is 14.2 Å². The quantitative estimate of drug-likeness (QED) is 0.468. The molecule has 0 saturated heterocycles. The zero-order valence-electron chi connectivity index (χ0n) is 17.3. The standard InChI is InChI=1S/C23H21N5O4/c1-15-21(32-18-10-6-5-9-17(18)31-15)23(29)24-13-14-30-20-12-11-19-25-26-22(28(19)27-20)16-7-3-2-4-8-16/h2-12,15,21H,13-14H2,1H3,(H,24,29). The summed E-state index contributed by atoms with van der Waals surface area (Å²) < 4.78 is 18.9. The summed E-state index contributed by atoms with van der Waals surface area (Å²) in [5.41, 5.74) is 1.52. The van der Waals surface area contributed by atoms with Crippen LogP contribution in [0.3, 0.4) is 0 Å². The van der Waals surface area contributed by atoms with Crippen molar-refractivity contribution >= 4 is 11.6 Å². The molecule has 0 fully saturated rings. The van der Waals surface area contributed by atoms with Crippen molar-refractivity contribution in [2.75, 3.05) is 13.2 Å². The predicted octanol–water partition coefficient (Wildman–Crippen LogP) is 2.51. The van der Waals surface area contributed by atoms with Gasteiger partial charge in [0.25, 0.3) is 5.91 Å². The Morgan fingerprint density at radius 1 is 1.00 bits per heavy atom. The first-order chi connectivity index (χ1) is 15.7. The molecular formula is C23H21N5O4. The van der Waals surface area contributed by atoms with Gasteiger partial charge in [-0.15, -0.1) is 15.3 Å². The molecule has 3 heterocycles. The molecule has 0 spiro atoms. The van der Waals surface area contributed by atoms with Crippen molar-refractivity contribution in [3.05, 3.63) is 66.7 Å². The minimum atomic E-state index is -0.732. The summed E-state index contributed by atoms with van der Waals surface area (Å²) in [6.45, 7) is 2.34. The molecule has 32 heavy (non-hydrogen) atoms. The summed E-state index contributed by atoms with van der Waals surface area (Å²) in [5.74, 6) is 1.97. The lowest BCUT2D eigenvalue weighted by molar-refractivity contribution is -0.133. The Labute approximate surface area is 183 Å². The number of hydrogen-bond acceptors (Lipinski definition) is 7. The average molecular weight is 431 g/mol. The Hall–Kier alpha value is -4.14. The number of nitrogens with one attached hydrogen (secondary N) is 1. The summed E-state index contributed by atoms with van der Waals surface area (Å²) in [4.78, 5) is 12.6. The lowest BCUT2D eigenvalue weighted by Crippen LogP contribution is -2.49. The number of nitrogens with zero attached hydrogens (tertiary/aromatic N) is 4. The number of para-hydroxylation sites is 2. The van der Waals surface area contributed by atoms with Gasteiger partial charge in [-0.2, -0.15) is 4.52 Å². The minimum absolute atomic E-state index is 0.242. The van der Waals surface area contributed by atoms with Gasteiger partial charge in [-0.25, -0.2) is 0 Å². The Kier molecular flexibility index (Phi) is 5.29. The smallest absolute Gasteiger partial charge is 0.265 e. The summed E-state index contributed by atoms with van der Waals surface area (Å²) in [5, 5.41) is 15.6. The maximum absolute atomic E-state index is 12.6. The van der Waals surface area contributed by atoms with Crippen molar-refractivity contribution in [3.63, 3.8) is 0 Å². The monoisotopic (exact) mass is 431 g/mol. The van der Waals surface area contributed by atoms with Crippen LogP contribution in [0.4, 0.5) is 0 Å². The van der Waals surface area contributed by atoms with Crippen LogP contribution in [0.15, 0.2) is 66.7 Å². The molecule has 5 rings (SSSR count). The van der Waals surface area contributed by atoms with Crippen LogP contribution in [0.25, 0.3) is 17.0 Å². The van der Waals surface area contributed by atoms with Crippen molar-refractivity contribution in [3.8, 4) is 28.8 Å². The number of amides is 1. The fourth-order valence-corrected chi connectivity index (χ4v) is 3.45. The SMILES string of the molecule is CC1Oc2ccccc2OC1C(=O)NCCOc1ccc2nnc(-c3ccccc3)n2n1. The van der Waals surface area contributed by atoms with E-state index in [1.165, 1.54) is 0 Å². The van der Waals surface area contributed by atoms with Gasteiger partial charge in [0.1, 0.15) is 12.7 Å². The summed E-state index contributed by atoms with van der Waals surface area (Å²) in [7, 11) is 0. The van der Waals surface area contributed by atoms with E-state index >= 15 is 0 Å². The maximum Gasteiger partial charge on any atom is 0.265 e. The third kappa shape index (κ3) is 3.92. The van der Waals surface area contributed by atoms with Gasteiger partial charge >= 0.3 is 0 Å². The Balaban J connectivity index is 1.18. The van der Waals surface area contributed by atoms with Crippen LogP contribution in [-0.2, 0) is 4.79 Å². The van der Waals surface area contributed by atoms with E-state index in [1.807, 2.05) is 48.5 Å². The van der Waals surface area contributed by atoms with Crippen LogP contribution in [0.1, 0.15) is 6.92 Å². The Morgan fingerprint density at radius 3 is 2.56 bits per heavy atom. The average Bonchev–Trinajstić information content (AvgIpc) is 3.25. The number of aromatic nitrogens is 4. The van der Waals surface area contributed by atoms with E-state index in [2.05, 4.69) is 20.6 Å². The van der Waals surface area contributed by atoms with Gasteiger partial charge in [0, 0.05) is 11.6 Å². The highest BCUT2D eigenvalue weighted by atomic mass is 16.6. The number of carbonyl (C=O) groups is 1. The zero-order chi connectivity index (χ0) is 21.9. The van der Waals surface area contributed by atoms with Crippen LogP contribution in [0, 0.1) is 0 Å². The van der Waals surface area contributed by atoms with Crippen molar-refractivity contribution in [2.24, 2.45) is 0 Å². The van der Waals surface area contributed by atoms with Gasteiger partial charge in [0.05, 0.1) is 6.54 Å². The Morgan fingerprint density at radius 2 is 1.75 bits per heavy atom. The first kappa shape index (κ1) is 19.8. The highest BCUT2D eigenvalue weighted by Crippen LogP contribution is 2.33. The van der Waals surface area contributed by atoms with E-state index in [0.29, 0.717) is 35.4 Å². The van der Waals surface area contributed by atoms with Crippen LogP contribution >= 0.6 is 0 Å². The normalized spacial score (nSPS) is 17.2. The molecule has 1 N–H and O–H groups in total. The van der Waals surface area contributed by atoms with Gasteiger partial charge in [-0.1, -0.05) is 42.5 Å². The molecule has 0 saturated carbocycles. The molecule has 0 aliphatic carbocycles. The van der Waals surface area contributed by atoms with Crippen molar-refractivity contribution in [1.29, 1.82) is 0 Å². The fraction of sp³-hybridized carbons (Fsp3) is 0.217. The van der Waals surface area contributed by atoms with E-state index in [0.717, 1.165) is 5.56 Å². The van der Waals surface area contributed by atoms with Crippen LogP contribution in [0.2, 0.25) is 0 Å². The number of rotatable bonds is 6. The topological polar surface area (TPSA) is 99.9 Å². The third-order valence-electron chi connectivity index (χ3n) is 5.02. The number of fused-ring (bicyclic) bond motifs is 2. The Bertz CT molecular complexity index is 1240. The zero-order valence-corrected chi connectivity index (χ0v) is 17.3. The van der Waals surface area contributed by atoms with Crippen molar-refractivity contribution in [2.45, 2.75) is 19.1 Å². The second-order valence-corrected chi connectivity index (χ2v) is 7.28. The first-order valence-corrected chi connectivity index (χ1v) is 10.3. The van der Waals surface area contributed by atoms with Crippen LogP contribution in [0.5, 0.6) is 17.4 Å². The second kappa shape index (κ2) is 8.54. The van der Waals surface area contributed by atoms with E-state index in [9.17, 15) is 4.79 Å². The predicted molar refractivity (Wildman–Crippen MR) is 116 cm³/mol. The molecule has 2 atom stereocenters. The van der Waals surface area contributed by atoms with Crippen LogP contribution in [-0.4, -0.2) is 51.1 Å². The third-order valence-corrected chi connectivity index (χ3v) is 5.02. The molecule has 9 nitrogen and oxygen atoms in total. The molecule has 162 valence electrons. The molecule has 2 aromatic carbocycles. The fourth-order valence-electron chi connectivity index (χ4n) is 3.45. The molecular weight excluding hydrogens is 410 g/mol. The molecule has 0 bridgehead atoms. The van der Waals surface area contributed by atoms with Gasteiger partial charge in [-0.3, -0.25) is 4.79 Å².